The van der Waals surface area contributed by atoms with Gasteiger partial charge in [-0.05, 0) is 18.6 Å². The highest BCUT2D eigenvalue weighted by atomic mass is 32.1. The van der Waals surface area contributed by atoms with E-state index in [1.807, 2.05) is 0 Å². The van der Waals surface area contributed by atoms with Crippen LogP contribution in [-0.4, -0.2) is 15.2 Å². The molecule has 2 rings (SSSR count). The van der Waals surface area contributed by atoms with Crippen LogP contribution in [0.2, 0.25) is 0 Å². The Bertz CT molecular complexity index is 500. The van der Waals surface area contributed by atoms with E-state index in [4.69, 9.17) is 0 Å². The van der Waals surface area contributed by atoms with Crippen LogP contribution in [0.4, 0.5) is 10.8 Å². The Morgan fingerprint density at radius 1 is 1.25 bits per heavy atom. The molecule has 2 aromatic rings. The second-order valence-electron chi connectivity index (χ2n) is 3.15. The molecular formula is C10H9N3O2S. The molecule has 0 aliphatic heterocycles. The van der Waals surface area contributed by atoms with Gasteiger partial charge in [0, 0.05) is 17.6 Å². The van der Waals surface area contributed by atoms with Crippen molar-refractivity contribution in [1.29, 1.82) is 0 Å². The number of aromatic hydroxyl groups is 2. The van der Waals surface area contributed by atoms with Crippen molar-refractivity contribution in [3.05, 3.63) is 29.3 Å². The lowest BCUT2D eigenvalue weighted by Gasteiger charge is -2.02. The van der Waals surface area contributed by atoms with E-state index in [0.717, 1.165) is 0 Å². The molecule has 1 heterocycles. The molecular weight excluding hydrogens is 226 g/mol. The van der Waals surface area contributed by atoms with Crippen molar-refractivity contribution < 1.29 is 10.2 Å². The molecule has 0 saturated heterocycles. The number of nitrogens with zero attached hydrogens (tertiary/aromatic N) is 3. The average Bonchev–Trinajstić information content (AvgIpc) is 2.68. The van der Waals surface area contributed by atoms with Gasteiger partial charge < -0.3 is 10.2 Å². The highest BCUT2D eigenvalue weighted by molar-refractivity contribution is 7.13. The molecule has 1 aromatic carbocycles. The molecule has 0 spiro atoms. The molecule has 0 amide bonds. The summed E-state index contributed by atoms with van der Waals surface area (Å²) >= 11 is 1.35. The quantitative estimate of drug-likeness (QED) is 0.784. The second kappa shape index (κ2) is 4.28. The number of aryl methyl sites for hydroxylation is 1. The first-order chi connectivity index (χ1) is 7.66. The fourth-order valence-electron chi connectivity index (χ4n) is 1.23. The lowest BCUT2D eigenvalue weighted by molar-refractivity contribution is 0.450. The number of benzene rings is 1. The Hall–Kier alpha value is -1.95. The van der Waals surface area contributed by atoms with Crippen LogP contribution in [0.1, 0.15) is 5.56 Å². The molecule has 0 atom stereocenters. The van der Waals surface area contributed by atoms with E-state index in [-0.39, 0.29) is 11.5 Å². The van der Waals surface area contributed by atoms with Crippen molar-refractivity contribution in [2.24, 2.45) is 10.2 Å². The smallest absolute Gasteiger partial charge is 0.229 e. The van der Waals surface area contributed by atoms with Crippen molar-refractivity contribution >= 4 is 22.2 Å². The Labute approximate surface area is 95.7 Å². The zero-order chi connectivity index (χ0) is 11.5. The van der Waals surface area contributed by atoms with Gasteiger partial charge in [0.1, 0.15) is 17.2 Å². The van der Waals surface area contributed by atoms with Gasteiger partial charge in [-0.3, -0.25) is 0 Å². The van der Waals surface area contributed by atoms with Crippen molar-refractivity contribution in [2.75, 3.05) is 0 Å². The van der Waals surface area contributed by atoms with Gasteiger partial charge in [0.25, 0.3) is 0 Å². The summed E-state index contributed by atoms with van der Waals surface area (Å²) in [6, 6.07) is 2.74. The van der Waals surface area contributed by atoms with Crippen LogP contribution in [0.25, 0.3) is 0 Å². The number of aromatic nitrogens is 1. The molecule has 0 radical (unpaired) electrons. The van der Waals surface area contributed by atoms with Crippen LogP contribution in [-0.2, 0) is 0 Å². The number of hydrogen-bond acceptors (Lipinski definition) is 6. The normalized spacial score (nSPS) is 11.1. The standard InChI is InChI=1S/C10H9N3O2S/c1-6-4-7(14)5-8(15)9(6)12-13-10-11-2-3-16-10/h2-5,14-15H,1H3. The van der Waals surface area contributed by atoms with Gasteiger partial charge in [0.15, 0.2) is 0 Å². The van der Waals surface area contributed by atoms with Crippen LogP contribution in [0.5, 0.6) is 11.5 Å². The van der Waals surface area contributed by atoms with Crippen molar-refractivity contribution in [2.45, 2.75) is 6.92 Å². The van der Waals surface area contributed by atoms with Crippen LogP contribution < -0.4 is 0 Å². The highest BCUT2D eigenvalue weighted by Crippen LogP contribution is 2.35. The minimum atomic E-state index is -0.0993. The van der Waals surface area contributed by atoms with Crippen molar-refractivity contribution in [1.82, 2.24) is 4.98 Å². The number of thiazole rings is 1. The predicted molar refractivity (Wildman–Crippen MR) is 60.8 cm³/mol. The fraction of sp³-hybridized carbons (Fsp3) is 0.100. The Kier molecular flexibility index (Phi) is 2.82. The molecule has 0 aliphatic rings. The number of phenolic OH excluding ortho intramolecular Hbond substituents is 2. The van der Waals surface area contributed by atoms with Crippen LogP contribution in [0.15, 0.2) is 33.9 Å². The summed E-state index contributed by atoms with van der Waals surface area (Å²) in [6.45, 7) is 1.73. The van der Waals surface area contributed by atoms with Crippen molar-refractivity contribution in [3.8, 4) is 11.5 Å². The largest absolute Gasteiger partial charge is 0.508 e. The minimum Gasteiger partial charge on any atom is -0.508 e. The second-order valence-corrected chi connectivity index (χ2v) is 4.02. The van der Waals surface area contributed by atoms with E-state index in [9.17, 15) is 10.2 Å². The van der Waals surface area contributed by atoms with Gasteiger partial charge >= 0.3 is 0 Å². The first kappa shape index (κ1) is 10.6. The summed E-state index contributed by atoms with van der Waals surface area (Å²) in [5.41, 5.74) is 0.991. The van der Waals surface area contributed by atoms with Crippen LogP contribution in [0, 0.1) is 6.92 Å². The topological polar surface area (TPSA) is 78.1 Å². The molecule has 0 aliphatic carbocycles. The maximum atomic E-state index is 9.57. The molecule has 2 N–H and O–H groups in total. The number of rotatable bonds is 2. The van der Waals surface area contributed by atoms with E-state index in [1.165, 1.54) is 23.5 Å². The molecule has 0 saturated carbocycles. The van der Waals surface area contributed by atoms with Crippen LogP contribution >= 0.6 is 11.3 Å². The van der Waals surface area contributed by atoms with Gasteiger partial charge in [0.05, 0.1) is 0 Å². The lowest BCUT2D eigenvalue weighted by Crippen LogP contribution is -1.75. The van der Waals surface area contributed by atoms with Gasteiger partial charge in [0.2, 0.25) is 5.13 Å². The molecule has 0 bridgehead atoms. The molecule has 82 valence electrons. The van der Waals surface area contributed by atoms with Crippen molar-refractivity contribution in [3.63, 3.8) is 0 Å². The average molecular weight is 235 g/mol. The number of hydrogen-bond donors (Lipinski definition) is 2. The molecule has 6 heteroatoms. The molecule has 0 unspecified atom stereocenters. The van der Waals surface area contributed by atoms with Gasteiger partial charge in [-0.25, -0.2) is 4.98 Å². The summed E-state index contributed by atoms with van der Waals surface area (Å²) in [6.07, 6.45) is 1.63. The lowest BCUT2D eigenvalue weighted by atomic mass is 10.2. The van der Waals surface area contributed by atoms with Gasteiger partial charge in [-0.15, -0.1) is 21.6 Å². The summed E-state index contributed by atoms with van der Waals surface area (Å²) < 4.78 is 0. The fourth-order valence-corrected chi connectivity index (χ4v) is 1.68. The van der Waals surface area contributed by atoms with Gasteiger partial charge in [-0.1, -0.05) is 0 Å². The first-order valence-corrected chi connectivity index (χ1v) is 5.38. The molecule has 5 nitrogen and oxygen atoms in total. The zero-order valence-electron chi connectivity index (χ0n) is 8.45. The maximum Gasteiger partial charge on any atom is 0.229 e. The number of phenols is 2. The SMILES string of the molecule is Cc1cc(O)cc(O)c1N=Nc1nccs1. The molecule has 1 aromatic heterocycles. The van der Waals surface area contributed by atoms with E-state index < -0.39 is 0 Å². The Balaban J connectivity index is 2.35. The van der Waals surface area contributed by atoms with E-state index in [2.05, 4.69) is 15.2 Å². The minimum absolute atomic E-state index is 0.00296. The Morgan fingerprint density at radius 2 is 2.06 bits per heavy atom. The zero-order valence-corrected chi connectivity index (χ0v) is 9.27. The molecule has 16 heavy (non-hydrogen) atoms. The maximum absolute atomic E-state index is 9.57. The summed E-state index contributed by atoms with van der Waals surface area (Å²) in [4.78, 5) is 3.94. The predicted octanol–water partition coefficient (Wildman–Crippen LogP) is 3.28. The monoisotopic (exact) mass is 235 g/mol. The first-order valence-electron chi connectivity index (χ1n) is 4.50. The third-order valence-electron chi connectivity index (χ3n) is 1.92. The summed E-state index contributed by atoms with van der Waals surface area (Å²) in [5, 5.41) is 28.9. The highest BCUT2D eigenvalue weighted by Gasteiger charge is 2.06. The van der Waals surface area contributed by atoms with E-state index >= 15 is 0 Å². The number of azo groups is 1. The molecule has 0 fully saturated rings. The van der Waals surface area contributed by atoms with E-state index in [0.29, 0.717) is 16.4 Å². The van der Waals surface area contributed by atoms with Crippen LogP contribution in [0.3, 0.4) is 0 Å². The van der Waals surface area contributed by atoms with E-state index in [1.54, 1.807) is 18.5 Å². The van der Waals surface area contributed by atoms with Gasteiger partial charge in [-0.2, -0.15) is 0 Å². The summed E-state index contributed by atoms with van der Waals surface area (Å²) in [7, 11) is 0. The third-order valence-corrected chi connectivity index (χ3v) is 2.58. The third kappa shape index (κ3) is 2.17. The Morgan fingerprint density at radius 3 is 2.69 bits per heavy atom. The summed E-state index contributed by atoms with van der Waals surface area (Å²) in [5.74, 6) is -0.0963.